The number of fused-ring (bicyclic) bond motifs is 1. The third-order valence-electron chi connectivity index (χ3n) is 3.85. The van der Waals surface area contributed by atoms with Gasteiger partial charge in [-0.25, -0.2) is 4.98 Å². The number of quaternary nitrogens is 1. The SMILES string of the molecule is COc1ccc2sc(N(CC[NH+](C)C)C(=O)/C=C/c3cccs3)nc2c1. The molecule has 0 atom stereocenters. The van der Waals surface area contributed by atoms with Crippen molar-refractivity contribution in [1.82, 2.24) is 4.98 Å². The van der Waals surface area contributed by atoms with Crippen LogP contribution in [-0.2, 0) is 4.79 Å². The Labute approximate surface area is 161 Å². The first-order chi connectivity index (χ1) is 12.6. The maximum Gasteiger partial charge on any atom is 0.253 e. The molecule has 0 saturated heterocycles. The molecule has 136 valence electrons. The van der Waals surface area contributed by atoms with Crippen molar-refractivity contribution in [3.05, 3.63) is 46.7 Å². The number of hydrogen-bond acceptors (Lipinski definition) is 5. The Balaban J connectivity index is 1.88. The van der Waals surface area contributed by atoms with E-state index >= 15 is 0 Å². The third kappa shape index (κ3) is 4.49. The quantitative estimate of drug-likeness (QED) is 0.633. The summed E-state index contributed by atoms with van der Waals surface area (Å²) in [5, 5.41) is 2.72. The number of methoxy groups -OCH3 is 1. The van der Waals surface area contributed by atoms with Crippen molar-refractivity contribution in [2.75, 3.05) is 39.2 Å². The predicted octanol–water partition coefficient (Wildman–Crippen LogP) is 2.56. The minimum Gasteiger partial charge on any atom is -0.497 e. The largest absolute Gasteiger partial charge is 0.497 e. The lowest BCUT2D eigenvalue weighted by molar-refractivity contribution is -0.856. The van der Waals surface area contributed by atoms with Gasteiger partial charge < -0.3 is 9.64 Å². The lowest BCUT2D eigenvalue weighted by atomic mass is 10.3. The lowest BCUT2D eigenvalue weighted by Gasteiger charge is -2.19. The molecule has 1 N–H and O–H groups in total. The van der Waals surface area contributed by atoms with Crippen LogP contribution >= 0.6 is 22.7 Å². The number of nitrogens with zero attached hydrogens (tertiary/aromatic N) is 2. The van der Waals surface area contributed by atoms with Crippen LogP contribution in [-0.4, -0.2) is 45.2 Å². The Kier molecular flexibility index (Phi) is 6.03. The number of hydrogen-bond donors (Lipinski definition) is 1. The van der Waals surface area contributed by atoms with Crippen molar-refractivity contribution in [3.8, 4) is 5.75 Å². The van der Waals surface area contributed by atoms with Crippen LogP contribution < -0.4 is 14.5 Å². The van der Waals surface area contributed by atoms with E-state index in [9.17, 15) is 4.79 Å². The number of thiazole rings is 1. The standard InChI is InChI=1S/C19H21N3O2S2/c1-21(2)10-11-22(18(23)9-7-15-5-4-12-25-15)19-20-16-13-14(24-3)6-8-17(16)26-19/h4-9,12-13H,10-11H2,1-3H3/p+1/b9-7+. The van der Waals surface area contributed by atoms with Gasteiger partial charge in [0.2, 0.25) is 0 Å². The zero-order chi connectivity index (χ0) is 18.5. The molecule has 1 amide bonds. The van der Waals surface area contributed by atoms with Gasteiger partial charge in [0.25, 0.3) is 5.91 Å². The molecule has 1 aromatic carbocycles. The fourth-order valence-corrected chi connectivity index (χ4v) is 4.00. The van der Waals surface area contributed by atoms with E-state index in [1.165, 1.54) is 16.2 Å². The highest BCUT2D eigenvalue weighted by atomic mass is 32.1. The van der Waals surface area contributed by atoms with E-state index in [0.717, 1.165) is 32.5 Å². The summed E-state index contributed by atoms with van der Waals surface area (Å²) in [6, 6.07) is 9.76. The van der Waals surface area contributed by atoms with Crippen LogP contribution in [0.1, 0.15) is 4.88 Å². The fraction of sp³-hybridized carbons (Fsp3) is 0.263. The first kappa shape index (κ1) is 18.6. The maximum absolute atomic E-state index is 12.8. The molecule has 7 heteroatoms. The van der Waals surface area contributed by atoms with Gasteiger partial charge in [0, 0.05) is 17.0 Å². The zero-order valence-corrected chi connectivity index (χ0v) is 16.7. The van der Waals surface area contributed by atoms with Crippen LogP contribution in [0.25, 0.3) is 16.3 Å². The van der Waals surface area contributed by atoms with E-state index in [0.29, 0.717) is 6.54 Å². The number of amides is 1. The van der Waals surface area contributed by atoms with E-state index < -0.39 is 0 Å². The van der Waals surface area contributed by atoms with E-state index in [4.69, 9.17) is 4.74 Å². The van der Waals surface area contributed by atoms with Crippen LogP contribution in [0.5, 0.6) is 5.75 Å². The monoisotopic (exact) mass is 388 g/mol. The van der Waals surface area contributed by atoms with E-state index in [1.54, 1.807) is 29.4 Å². The molecule has 5 nitrogen and oxygen atoms in total. The molecule has 3 rings (SSSR count). The van der Waals surface area contributed by atoms with Gasteiger partial charge >= 0.3 is 0 Å². The molecule has 0 aliphatic rings. The molecular weight excluding hydrogens is 366 g/mol. The van der Waals surface area contributed by atoms with E-state index in [1.807, 2.05) is 41.8 Å². The molecule has 0 aliphatic heterocycles. The summed E-state index contributed by atoms with van der Waals surface area (Å²) < 4.78 is 6.31. The topological polar surface area (TPSA) is 46.9 Å². The number of thiophene rings is 1. The minimum atomic E-state index is -0.0503. The summed E-state index contributed by atoms with van der Waals surface area (Å²) in [6.45, 7) is 1.46. The van der Waals surface area contributed by atoms with Gasteiger partial charge in [-0.15, -0.1) is 11.3 Å². The van der Waals surface area contributed by atoms with Crippen LogP contribution in [0.15, 0.2) is 41.8 Å². The van der Waals surface area contributed by atoms with Crippen LogP contribution in [0, 0.1) is 0 Å². The van der Waals surface area contributed by atoms with Gasteiger partial charge in [0.1, 0.15) is 5.75 Å². The number of anilines is 1. The first-order valence-corrected chi connectivity index (χ1v) is 10.0. The molecular formula is C19H22N3O2S2+. The van der Waals surface area contributed by atoms with Crippen LogP contribution in [0.2, 0.25) is 0 Å². The second kappa shape index (κ2) is 8.44. The molecule has 0 spiro atoms. The Hall–Kier alpha value is -2.22. The van der Waals surface area contributed by atoms with Gasteiger partial charge in [-0.1, -0.05) is 17.4 Å². The van der Waals surface area contributed by atoms with E-state index in [-0.39, 0.29) is 5.91 Å². The average molecular weight is 389 g/mol. The summed E-state index contributed by atoms with van der Waals surface area (Å²) in [7, 11) is 5.79. The summed E-state index contributed by atoms with van der Waals surface area (Å²) >= 11 is 3.14. The van der Waals surface area contributed by atoms with Gasteiger partial charge in [-0.2, -0.15) is 0 Å². The molecule has 0 bridgehead atoms. The Morgan fingerprint density at radius 2 is 2.19 bits per heavy atom. The van der Waals surface area contributed by atoms with Crippen LogP contribution in [0.3, 0.4) is 0 Å². The van der Waals surface area contributed by atoms with Gasteiger partial charge in [0.15, 0.2) is 5.13 Å². The van der Waals surface area contributed by atoms with Gasteiger partial charge in [-0.3, -0.25) is 9.69 Å². The van der Waals surface area contributed by atoms with Crippen molar-refractivity contribution < 1.29 is 14.4 Å². The second-order valence-corrected chi connectivity index (χ2v) is 8.11. The summed E-state index contributed by atoms with van der Waals surface area (Å²) in [5.74, 6) is 0.716. The predicted molar refractivity (Wildman–Crippen MR) is 110 cm³/mol. The lowest BCUT2D eigenvalue weighted by Crippen LogP contribution is -3.06. The molecule has 2 heterocycles. The van der Waals surface area contributed by atoms with Crippen molar-refractivity contribution >= 4 is 50.0 Å². The highest BCUT2D eigenvalue weighted by molar-refractivity contribution is 7.22. The van der Waals surface area contributed by atoms with Gasteiger partial charge in [0.05, 0.1) is 44.5 Å². The molecule has 0 radical (unpaired) electrons. The first-order valence-electron chi connectivity index (χ1n) is 8.33. The highest BCUT2D eigenvalue weighted by Gasteiger charge is 2.19. The second-order valence-electron chi connectivity index (χ2n) is 6.13. The van der Waals surface area contributed by atoms with Gasteiger partial charge in [-0.05, 0) is 29.7 Å². The molecule has 2 aromatic heterocycles. The number of carbonyl (C=O) groups is 1. The molecule has 0 unspecified atom stereocenters. The summed E-state index contributed by atoms with van der Waals surface area (Å²) in [4.78, 5) is 21.6. The third-order valence-corrected chi connectivity index (χ3v) is 5.75. The molecule has 0 saturated carbocycles. The smallest absolute Gasteiger partial charge is 0.253 e. The van der Waals surface area contributed by atoms with E-state index in [2.05, 4.69) is 19.1 Å². The summed E-state index contributed by atoms with van der Waals surface area (Å²) in [5.41, 5.74) is 0.849. The molecule has 3 aromatic rings. The minimum absolute atomic E-state index is 0.0503. The molecule has 0 aliphatic carbocycles. The number of rotatable bonds is 7. The maximum atomic E-state index is 12.8. The number of benzene rings is 1. The highest BCUT2D eigenvalue weighted by Crippen LogP contribution is 2.31. The molecule has 0 fully saturated rings. The number of aromatic nitrogens is 1. The number of nitrogens with one attached hydrogen (secondary N) is 1. The molecule has 26 heavy (non-hydrogen) atoms. The number of ether oxygens (including phenoxy) is 1. The van der Waals surface area contributed by atoms with Crippen molar-refractivity contribution in [2.45, 2.75) is 0 Å². The number of carbonyl (C=O) groups excluding carboxylic acids is 1. The number of likely N-dealkylation sites (N-methyl/N-ethyl adjacent to an activating group) is 1. The summed E-state index contributed by atoms with van der Waals surface area (Å²) in [6.07, 6.45) is 3.49. The normalized spacial score (nSPS) is 11.5. The average Bonchev–Trinajstić information content (AvgIpc) is 3.28. The van der Waals surface area contributed by atoms with Crippen molar-refractivity contribution in [2.24, 2.45) is 0 Å². The van der Waals surface area contributed by atoms with Crippen molar-refractivity contribution in [3.63, 3.8) is 0 Å². The fourth-order valence-electron chi connectivity index (χ4n) is 2.40. The zero-order valence-electron chi connectivity index (χ0n) is 15.1. The van der Waals surface area contributed by atoms with Crippen molar-refractivity contribution in [1.29, 1.82) is 0 Å². The van der Waals surface area contributed by atoms with Crippen LogP contribution in [0.4, 0.5) is 5.13 Å². The Morgan fingerprint density at radius 1 is 1.35 bits per heavy atom. The Morgan fingerprint density at radius 3 is 2.88 bits per heavy atom. The Bertz CT molecular complexity index is 901.